The fourth-order valence-corrected chi connectivity index (χ4v) is 3.17. The van der Waals surface area contributed by atoms with Gasteiger partial charge in [0.1, 0.15) is 0 Å². The van der Waals surface area contributed by atoms with Crippen molar-refractivity contribution in [2.24, 2.45) is 5.92 Å². The first-order chi connectivity index (χ1) is 10.1. The van der Waals surface area contributed by atoms with Crippen molar-refractivity contribution < 1.29 is 14.6 Å². The number of hydrogen-bond donors (Lipinski definition) is 1. The van der Waals surface area contributed by atoms with Gasteiger partial charge >= 0.3 is 0 Å². The van der Waals surface area contributed by atoms with Gasteiger partial charge in [0, 0.05) is 13.1 Å². The molecule has 0 saturated heterocycles. The first-order valence-corrected chi connectivity index (χ1v) is 7.72. The van der Waals surface area contributed by atoms with E-state index in [-0.39, 0.29) is 0 Å². The van der Waals surface area contributed by atoms with Gasteiger partial charge in [-0.3, -0.25) is 0 Å². The lowest BCUT2D eigenvalue weighted by Crippen LogP contribution is -2.29. The molecular weight excluding hydrogens is 266 g/mol. The second kappa shape index (κ2) is 7.66. The van der Waals surface area contributed by atoms with Crippen LogP contribution in [0.5, 0.6) is 11.5 Å². The van der Waals surface area contributed by atoms with E-state index in [9.17, 15) is 5.11 Å². The molecule has 1 aliphatic rings. The molecule has 1 aromatic rings. The minimum atomic E-state index is -0.504. The molecule has 0 radical (unpaired) electrons. The summed E-state index contributed by atoms with van der Waals surface area (Å²) in [6.45, 7) is 1.72. The SMILES string of the molecule is COc1ccc(C(O)CN(C)CC2CCCC2)cc1OC. The number of nitrogens with zero attached hydrogens (tertiary/aromatic N) is 1. The third kappa shape index (κ3) is 4.35. The van der Waals surface area contributed by atoms with Crippen molar-refractivity contribution in [3.8, 4) is 11.5 Å². The topological polar surface area (TPSA) is 41.9 Å². The molecule has 1 aromatic carbocycles. The zero-order valence-corrected chi connectivity index (χ0v) is 13.3. The van der Waals surface area contributed by atoms with Crippen LogP contribution in [0.15, 0.2) is 18.2 Å². The molecule has 1 N–H and O–H groups in total. The normalized spacial score (nSPS) is 17.2. The quantitative estimate of drug-likeness (QED) is 0.839. The van der Waals surface area contributed by atoms with Crippen LogP contribution in [0.4, 0.5) is 0 Å². The van der Waals surface area contributed by atoms with E-state index < -0.39 is 6.10 Å². The fraction of sp³-hybridized carbons (Fsp3) is 0.647. The lowest BCUT2D eigenvalue weighted by Gasteiger charge is -2.24. The molecule has 4 nitrogen and oxygen atoms in total. The van der Waals surface area contributed by atoms with E-state index in [4.69, 9.17) is 9.47 Å². The summed E-state index contributed by atoms with van der Waals surface area (Å²) in [6.07, 6.45) is 4.87. The van der Waals surface area contributed by atoms with Crippen molar-refractivity contribution in [1.82, 2.24) is 4.90 Å². The van der Waals surface area contributed by atoms with E-state index in [2.05, 4.69) is 11.9 Å². The molecule has 118 valence electrons. The molecule has 0 amide bonds. The number of aliphatic hydroxyl groups is 1. The molecule has 0 heterocycles. The van der Waals surface area contributed by atoms with Crippen LogP contribution < -0.4 is 9.47 Å². The van der Waals surface area contributed by atoms with Gasteiger partial charge < -0.3 is 19.5 Å². The van der Waals surface area contributed by atoms with Crippen molar-refractivity contribution in [2.45, 2.75) is 31.8 Å². The smallest absolute Gasteiger partial charge is 0.161 e. The lowest BCUT2D eigenvalue weighted by molar-refractivity contribution is 0.118. The van der Waals surface area contributed by atoms with Crippen LogP contribution in [0.2, 0.25) is 0 Å². The van der Waals surface area contributed by atoms with Crippen molar-refractivity contribution in [1.29, 1.82) is 0 Å². The van der Waals surface area contributed by atoms with Crippen LogP contribution in [0.25, 0.3) is 0 Å². The second-order valence-corrected chi connectivity index (χ2v) is 6.00. The highest BCUT2D eigenvalue weighted by molar-refractivity contribution is 5.43. The van der Waals surface area contributed by atoms with Gasteiger partial charge in [-0.05, 0) is 43.5 Å². The summed E-state index contributed by atoms with van der Waals surface area (Å²) in [4.78, 5) is 2.23. The molecular formula is C17H27NO3. The van der Waals surface area contributed by atoms with Crippen LogP contribution in [-0.2, 0) is 0 Å². The molecule has 1 atom stereocenters. The average molecular weight is 293 g/mol. The Hall–Kier alpha value is -1.26. The van der Waals surface area contributed by atoms with Crippen molar-refractivity contribution >= 4 is 0 Å². The summed E-state index contributed by atoms with van der Waals surface area (Å²) in [5.74, 6) is 2.15. The van der Waals surface area contributed by atoms with Crippen LogP contribution in [0, 0.1) is 5.92 Å². The molecule has 1 saturated carbocycles. The predicted octanol–water partition coefficient (Wildman–Crippen LogP) is 2.86. The van der Waals surface area contributed by atoms with E-state index >= 15 is 0 Å². The highest BCUT2D eigenvalue weighted by Gasteiger charge is 2.19. The molecule has 2 rings (SSSR count). The Morgan fingerprint density at radius 1 is 1.19 bits per heavy atom. The van der Waals surface area contributed by atoms with Gasteiger partial charge in [-0.1, -0.05) is 18.9 Å². The highest BCUT2D eigenvalue weighted by atomic mass is 16.5. The molecule has 0 spiro atoms. The monoisotopic (exact) mass is 293 g/mol. The number of aliphatic hydroxyl groups excluding tert-OH is 1. The minimum absolute atomic E-state index is 0.504. The Bertz CT molecular complexity index is 444. The maximum Gasteiger partial charge on any atom is 0.161 e. The summed E-state index contributed by atoms with van der Waals surface area (Å²) in [7, 11) is 5.31. The average Bonchev–Trinajstić information content (AvgIpc) is 2.99. The van der Waals surface area contributed by atoms with E-state index in [0.29, 0.717) is 18.0 Å². The summed E-state index contributed by atoms with van der Waals surface area (Å²) >= 11 is 0. The van der Waals surface area contributed by atoms with Crippen molar-refractivity contribution in [2.75, 3.05) is 34.4 Å². The standard InChI is InChI=1S/C17H27NO3/c1-18(11-13-6-4-5-7-13)12-15(19)14-8-9-16(20-2)17(10-14)21-3/h8-10,13,15,19H,4-7,11-12H2,1-3H3. The molecule has 1 fully saturated rings. The first-order valence-electron chi connectivity index (χ1n) is 7.72. The number of ether oxygens (including phenoxy) is 2. The Morgan fingerprint density at radius 3 is 2.48 bits per heavy atom. The molecule has 0 aliphatic heterocycles. The van der Waals surface area contributed by atoms with Gasteiger partial charge in [-0.25, -0.2) is 0 Å². The van der Waals surface area contributed by atoms with E-state index in [1.807, 2.05) is 18.2 Å². The van der Waals surface area contributed by atoms with Gasteiger partial charge in [0.25, 0.3) is 0 Å². The highest BCUT2D eigenvalue weighted by Crippen LogP contribution is 2.30. The lowest BCUT2D eigenvalue weighted by atomic mass is 10.1. The molecule has 4 heteroatoms. The van der Waals surface area contributed by atoms with Crippen molar-refractivity contribution in [3.05, 3.63) is 23.8 Å². The van der Waals surface area contributed by atoms with Crippen LogP contribution in [0.3, 0.4) is 0 Å². The van der Waals surface area contributed by atoms with Crippen LogP contribution in [-0.4, -0.2) is 44.4 Å². The van der Waals surface area contributed by atoms with Crippen molar-refractivity contribution in [3.63, 3.8) is 0 Å². The Kier molecular flexibility index (Phi) is 5.88. The van der Waals surface area contributed by atoms with Gasteiger partial charge in [0.2, 0.25) is 0 Å². The van der Waals surface area contributed by atoms with Gasteiger partial charge in [0.05, 0.1) is 20.3 Å². The maximum atomic E-state index is 10.4. The summed E-state index contributed by atoms with van der Waals surface area (Å²) < 4.78 is 10.5. The van der Waals surface area contributed by atoms with E-state index in [0.717, 1.165) is 18.0 Å². The van der Waals surface area contributed by atoms with Gasteiger partial charge in [-0.2, -0.15) is 0 Å². The number of methoxy groups -OCH3 is 2. The Balaban J connectivity index is 1.93. The molecule has 1 unspecified atom stereocenters. The third-order valence-corrected chi connectivity index (χ3v) is 4.32. The second-order valence-electron chi connectivity index (χ2n) is 6.00. The zero-order valence-electron chi connectivity index (χ0n) is 13.3. The number of rotatable bonds is 7. The van der Waals surface area contributed by atoms with Gasteiger partial charge in [-0.15, -0.1) is 0 Å². The summed E-state index contributed by atoms with van der Waals surface area (Å²) in [5.41, 5.74) is 0.867. The van der Waals surface area contributed by atoms with E-state index in [1.54, 1.807) is 14.2 Å². The molecule has 0 bridgehead atoms. The molecule has 21 heavy (non-hydrogen) atoms. The van der Waals surface area contributed by atoms with Gasteiger partial charge in [0.15, 0.2) is 11.5 Å². The zero-order chi connectivity index (χ0) is 15.2. The van der Waals surface area contributed by atoms with Crippen LogP contribution >= 0.6 is 0 Å². The van der Waals surface area contributed by atoms with E-state index in [1.165, 1.54) is 25.7 Å². The van der Waals surface area contributed by atoms with Crippen LogP contribution in [0.1, 0.15) is 37.4 Å². The Morgan fingerprint density at radius 2 is 1.86 bits per heavy atom. The summed E-state index contributed by atoms with van der Waals surface area (Å²) in [6, 6.07) is 5.59. The fourth-order valence-electron chi connectivity index (χ4n) is 3.17. The minimum Gasteiger partial charge on any atom is -0.493 e. The number of likely N-dealkylation sites (N-methyl/N-ethyl adjacent to an activating group) is 1. The Labute approximate surface area is 127 Å². The molecule has 0 aromatic heterocycles. The largest absolute Gasteiger partial charge is 0.493 e. The molecule has 1 aliphatic carbocycles. The predicted molar refractivity (Wildman–Crippen MR) is 84.0 cm³/mol. The number of hydrogen-bond acceptors (Lipinski definition) is 4. The summed E-state index contributed by atoms with van der Waals surface area (Å²) in [5, 5.41) is 10.4. The maximum absolute atomic E-state index is 10.4. The first kappa shape index (κ1) is 16.1. The number of benzene rings is 1. The third-order valence-electron chi connectivity index (χ3n) is 4.32.